The van der Waals surface area contributed by atoms with Gasteiger partial charge in [0.25, 0.3) is 0 Å². The van der Waals surface area contributed by atoms with E-state index in [1.54, 1.807) is 0 Å². The van der Waals surface area contributed by atoms with Crippen LogP contribution in [0, 0.1) is 5.92 Å². The first kappa shape index (κ1) is 13.9. The minimum Gasteiger partial charge on any atom is -0.480 e. The molecule has 1 rings (SSSR count). The lowest BCUT2D eigenvalue weighted by Gasteiger charge is -2.30. The summed E-state index contributed by atoms with van der Waals surface area (Å²) in [6.07, 6.45) is 0.710. The number of ether oxygens (including phenoxy) is 1. The van der Waals surface area contributed by atoms with Crippen molar-refractivity contribution in [1.29, 1.82) is 0 Å². The van der Waals surface area contributed by atoms with E-state index in [2.05, 4.69) is 0 Å². The van der Waals surface area contributed by atoms with E-state index in [1.807, 2.05) is 13.8 Å². The first-order valence-electron chi connectivity index (χ1n) is 5.83. The van der Waals surface area contributed by atoms with Crippen LogP contribution in [0.5, 0.6) is 0 Å². The fourth-order valence-corrected chi connectivity index (χ4v) is 1.86. The van der Waals surface area contributed by atoms with Crippen LogP contribution in [-0.4, -0.2) is 53.7 Å². The molecule has 1 amide bonds. The van der Waals surface area contributed by atoms with Gasteiger partial charge in [-0.2, -0.15) is 0 Å². The molecule has 0 aliphatic carbocycles. The standard InChI is InChI=1S/C11H20N2O4/c1-3-7(2)13(4-10(14)15)11(16)8-5-17-6-9(8)12/h7-9H,3-6,12H2,1-2H3,(H,14,15). The Bertz CT molecular complexity index is 295. The zero-order valence-electron chi connectivity index (χ0n) is 10.3. The van der Waals surface area contributed by atoms with E-state index in [9.17, 15) is 9.59 Å². The van der Waals surface area contributed by atoms with Crippen LogP contribution < -0.4 is 5.73 Å². The van der Waals surface area contributed by atoms with Crippen LogP contribution in [0.25, 0.3) is 0 Å². The second kappa shape index (κ2) is 5.97. The van der Waals surface area contributed by atoms with E-state index in [1.165, 1.54) is 4.90 Å². The number of carbonyl (C=O) groups is 2. The van der Waals surface area contributed by atoms with Crippen LogP contribution >= 0.6 is 0 Å². The molecule has 1 fully saturated rings. The maximum absolute atomic E-state index is 12.2. The van der Waals surface area contributed by atoms with Gasteiger partial charge in [0.15, 0.2) is 0 Å². The Morgan fingerprint density at radius 3 is 2.59 bits per heavy atom. The van der Waals surface area contributed by atoms with Crippen molar-refractivity contribution in [2.75, 3.05) is 19.8 Å². The number of carbonyl (C=O) groups excluding carboxylic acids is 1. The average molecular weight is 244 g/mol. The molecule has 0 saturated carbocycles. The van der Waals surface area contributed by atoms with Crippen LogP contribution in [0.4, 0.5) is 0 Å². The number of rotatable bonds is 5. The Morgan fingerprint density at radius 1 is 1.53 bits per heavy atom. The van der Waals surface area contributed by atoms with Crippen LogP contribution in [0.2, 0.25) is 0 Å². The van der Waals surface area contributed by atoms with Gasteiger partial charge in [-0.3, -0.25) is 9.59 Å². The third-order valence-electron chi connectivity index (χ3n) is 3.15. The van der Waals surface area contributed by atoms with Crippen molar-refractivity contribution in [2.45, 2.75) is 32.4 Å². The number of hydrogen-bond acceptors (Lipinski definition) is 4. The molecule has 3 atom stereocenters. The molecule has 6 nitrogen and oxygen atoms in total. The van der Waals surface area contributed by atoms with Gasteiger partial charge in [0.1, 0.15) is 6.54 Å². The summed E-state index contributed by atoms with van der Waals surface area (Å²) in [7, 11) is 0. The Morgan fingerprint density at radius 2 is 2.18 bits per heavy atom. The third-order valence-corrected chi connectivity index (χ3v) is 3.15. The molecule has 0 spiro atoms. The van der Waals surface area contributed by atoms with Crippen molar-refractivity contribution in [1.82, 2.24) is 4.90 Å². The van der Waals surface area contributed by atoms with Crippen molar-refractivity contribution in [3.63, 3.8) is 0 Å². The molecule has 17 heavy (non-hydrogen) atoms. The highest BCUT2D eigenvalue weighted by Crippen LogP contribution is 2.17. The lowest BCUT2D eigenvalue weighted by Crippen LogP contribution is -2.49. The molecule has 0 aromatic carbocycles. The second-order valence-electron chi connectivity index (χ2n) is 4.42. The molecule has 3 unspecified atom stereocenters. The van der Waals surface area contributed by atoms with Gasteiger partial charge in [-0.05, 0) is 13.3 Å². The van der Waals surface area contributed by atoms with Crippen LogP contribution in [-0.2, 0) is 14.3 Å². The number of nitrogens with two attached hydrogens (primary N) is 1. The minimum atomic E-state index is -1.01. The molecule has 98 valence electrons. The molecule has 1 heterocycles. The number of hydrogen-bond donors (Lipinski definition) is 2. The summed E-state index contributed by atoms with van der Waals surface area (Å²) in [6.45, 7) is 4.11. The summed E-state index contributed by atoms with van der Waals surface area (Å²) in [5, 5.41) is 8.83. The molecular formula is C11H20N2O4. The predicted molar refractivity (Wildman–Crippen MR) is 61.4 cm³/mol. The topological polar surface area (TPSA) is 92.9 Å². The number of nitrogens with zero attached hydrogens (tertiary/aromatic N) is 1. The average Bonchev–Trinajstić information content (AvgIpc) is 2.70. The lowest BCUT2D eigenvalue weighted by atomic mass is 10.0. The molecule has 0 aromatic heterocycles. The number of amides is 1. The molecule has 1 aliphatic rings. The van der Waals surface area contributed by atoms with Crippen molar-refractivity contribution in [3.05, 3.63) is 0 Å². The summed E-state index contributed by atoms with van der Waals surface area (Å²) >= 11 is 0. The van der Waals surface area contributed by atoms with Gasteiger partial charge in [-0.1, -0.05) is 6.92 Å². The Kier molecular flexibility index (Phi) is 4.89. The normalized spacial score (nSPS) is 25.6. The van der Waals surface area contributed by atoms with Crippen molar-refractivity contribution in [3.8, 4) is 0 Å². The SMILES string of the molecule is CCC(C)N(CC(=O)O)C(=O)C1COCC1N. The van der Waals surface area contributed by atoms with Crippen LogP contribution in [0.3, 0.4) is 0 Å². The molecule has 0 bridgehead atoms. The predicted octanol–water partition coefficient (Wildman–Crippen LogP) is -0.328. The van der Waals surface area contributed by atoms with Gasteiger partial charge >= 0.3 is 5.97 Å². The van der Waals surface area contributed by atoms with Crippen LogP contribution in [0.15, 0.2) is 0 Å². The van der Waals surface area contributed by atoms with Gasteiger partial charge in [-0.15, -0.1) is 0 Å². The number of carboxylic acids is 1. The highest BCUT2D eigenvalue weighted by Gasteiger charge is 2.36. The maximum Gasteiger partial charge on any atom is 0.323 e. The monoisotopic (exact) mass is 244 g/mol. The van der Waals surface area contributed by atoms with Crippen molar-refractivity contribution >= 4 is 11.9 Å². The summed E-state index contributed by atoms with van der Waals surface area (Å²) in [4.78, 5) is 24.3. The summed E-state index contributed by atoms with van der Waals surface area (Å²) in [6, 6.07) is -0.436. The Labute approximate surface area is 101 Å². The summed E-state index contributed by atoms with van der Waals surface area (Å²) in [5.74, 6) is -1.64. The fraction of sp³-hybridized carbons (Fsp3) is 0.818. The molecule has 6 heteroatoms. The Hall–Kier alpha value is -1.14. The lowest BCUT2D eigenvalue weighted by molar-refractivity contribution is -0.148. The second-order valence-corrected chi connectivity index (χ2v) is 4.42. The molecule has 1 aliphatic heterocycles. The van der Waals surface area contributed by atoms with E-state index >= 15 is 0 Å². The van der Waals surface area contributed by atoms with E-state index in [4.69, 9.17) is 15.6 Å². The molecule has 0 radical (unpaired) electrons. The number of carboxylic acid groups (broad SMARTS) is 1. The van der Waals surface area contributed by atoms with E-state index in [0.717, 1.165) is 0 Å². The first-order chi connectivity index (χ1) is 7.97. The van der Waals surface area contributed by atoms with Gasteiger partial charge in [0.05, 0.1) is 19.1 Å². The quantitative estimate of drug-likeness (QED) is 0.691. The van der Waals surface area contributed by atoms with Gasteiger partial charge < -0.3 is 20.5 Å². The van der Waals surface area contributed by atoms with Gasteiger partial charge in [0.2, 0.25) is 5.91 Å². The largest absolute Gasteiger partial charge is 0.480 e. The zero-order chi connectivity index (χ0) is 13.0. The highest BCUT2D eigenvalue weighted by molar-refractivity contribution is 5.84. The minimum absolute atomic E-state index is 0.105. The summed E-state index contributed by atoms with van der Waals surface area (Å²) in [5.41, 5.74) is 5.77. The Balaban J connectivity index is 2.74. The number of aliphatic carboxylic acids is 1. The molecule has 1 saturated heterocycles. The van der Waals surface area contributed by atoms with Crippen molar-refractivity contribution in [2.24, 2.45) is 11.7 Å². The third kappa shape index (κ3) is 3.41. The maximum atomic E-state index is 12.2. The summed E-state index contributed by atoms with van der Waals surface area (Å²) < 4.78 is 5.14. The molecule has 3 N–H and O–H groups in total. The van der Waals surface area contributed by atoms with E-state index in [0.29, 0.717) is 13.0 Å². The zero-order valence-corrected chi connectivity index (χ0v) is 10.3. The smallest absolute Gasteiger partial charge is 0.323 e. The van der Waals surface area contributed by atoms with Gasteiger partial charge in [0, 0.05) is 12.1 Å². The fourth-order valence-electron chi connectivity index (χ4n) is 1.86. The van der Waals surface area contributed by atoms with E-state index in [-0.39, 0.29) is 31.1 Å². The van der Waals surface area contributed by atoms with E-state index < -0.39 is 11.9 Å². The first-order valence-corrected chi connectivity index (χ1v) is 5.83. The van der Waals surface area contributed by atoms with Crippen molar-refractivity contribution < 1.29 is 19.4 Å². The molecular weight excluding hydrogens is 224 g/mol. The van der Waals surface area contributed by atoms with Crippen LogP contribution in [0.1, 0.15) is 20.3 Å². The van der Waals surface area contributed by atoms with Gasteiger partial charge in [-0.25, -0.2) is 0 Å². The molecule has 0 aromatic rings. The highest BCUT2D eigenvalue weighted by atomic mass is 16.5.